The zero-order valence-corrected chi connectivity index (χ0v) is 15.4. The van der Waals surface area contributed by atoms with E-state index >= 15 is 0 Å². The van der Waals surface area contributed by atoms with Gasteiger partial charge in [-0.1, -0.05) is 0 Å². The maximum atomic E-state index is 13.0. The fraction of sp³-hybridized carbons (Fsp3) is 0.810. The van der Waals surface area contributed by atoms with Gasteiger partial charge in [0.25, 0.3) is 0 Å². The summed E-state index contributed by atoms with van der Waals surface area (Å²) >= 11 is 0. The molecule has 0 aromatic rings. The summed E-state index contributed by atoms with van der Waals surface area (Å²) in [6.07, 6.45) is 13.0. The number of carbonyl (C=O) groups is 2. The number of hydrogen-bond donors (Lipinski definition) is 0. The predicted octanol–water partition coefficient (Wildman–Crippen LogP) is 3.56. The van der Waals surface area contributed by atoms with Gasteiger partial charge in [0.2, 0.25) is 0 Å². The minimum atomic E-state index is -0.0595. The van der Waals surface area contributed by atoms with Crippen molar-refractivity contribution >= 4 is 11.8 Å². The molecule has 4 heteroatoms. The highest BCUT2D eigenvalue weighted by Gasteiger charge is 2.53. The normalized spacial score (nSPS) is 37.6. The number of allylic oxidation sites excluding steroid dienone is 1. The molecule has 5 fully saturated rings. The number of ketones is 1. The first kappa shape index (κ1) is 17.1. The lowest BCUT2D eigenvalue weighted by atomic mass is 9.48. The monoisotopic (exact) mass is 345 g/mol. The molecule has 4 saturated carbocycles. The lowest BCUT2D eigenvalue weighted by molar-refractivity contribution is -0.149. The highest BCUT2D eigenvalue weighted by Crippen LogP contribution is 2.60. The van der Waals surface area contributed by atoms with Crippen LogP contribution in [0.1, 0.15) is 58.3 Å². The van der Waals surface area contributed by atoms with Crippen molar-refractivity contribution < 1.29 is 14.3 Å². The largest absolute Gasteiger partial charge is 0.466 e. The van der Waals surface area contributed by atoms with Gasteiger partial charge in [0.1, 0.15) is 0 Å². The van der Waals surface area contributed by atoms with Crippen molar-refractivity contribution in [2.24, 2.45) is 29.1 Å². The molecule has 0 N–H and O–H groups in total. The van der Waals surface area contributed by atoms with E-state index in [0.717, 1.165) is 62.9 Å². The molecule has 0 unspecified atom stereocenters. The van der Waals surface area contributed by atoms with Gasteiger partial charge < -0.3 is 9.64 Å². The molecule has 0 atom stereocenters. The van der Waals surface area contributed by atoms with Crippen molar-refractivity contribution in [3.63, 3.8) is 0 Å². The van der Waals surface area contributed by atoms with Gasteiger partial charge in [-0.15, -0.1) is 0 Å². The minimum Gasteiger partial charge on any atom is -0.466 e. The second-order valence-electron chi connectivity index (χ2n) is 8.94. The van der Waals surface area contributed by atoms with Gasteiger partial charge in [-0.3, -0.25) is 9.59 Å². The molecule has 5 aliphatic rings. The Hall–Kier alpha value is -1.32. The molecule has 5 rings (SSSR count). The first-order valence-electron chi connectivity index (χ1n) is 10.2. The molecule has 0 radical (unpaired) electrons. The van der Waals surface area contributed by atoms with Crippen LogP contribution < -0.4 is 0 Å². The van der Waals surface area contributed by atoms with Crippen LogP contribution in [-0.4, -0.2) is 36.3 Å². The van der Waals surface area contributed by atoms with Gasteiger partial charge in [-0.2, -0.15) is 0 Å². The third-order valence-corrected chi connectivity index (χ3v) is 7.15. The van der Waals surface area contributed by atoms with Gasteiger partial charge in [0.05, 0.1) is 12.5 Å². The van der Waals surface area contributed by atoms with E-state index in [1.807, 2.05) is 19.2 Å². The standard InChI is InChI=1S/C21H31NO3/c1-2-25-20(24)18-3-6-22(7-4-18)8-5-19(23)21-12-15-9-16(13-21)11-17(10-15)14-21/h5,8,15-18H,2-4,6-7,9-14H2,1H3/b8-5+. The van der Waals surface area contributed by atoms with E-state index in [2.05, 4.69) is 4.90 Å². The Morgan fingerprint density at radius 2 is 1.60 bits per heavy atom. The summed E-state index contributed by atoms with van der Waals surface area (Å²) in [6, 6.07) is 0. The van der Waals surface area contributed by atoms with E-state index in [1.165, 1.54) is 19.3 Å². The molecule has 0 spiro atoms. The fourth-order valence-electron chi connectivity index (χ4n) is 6.31. The van der Waals surface area contributed by atoms with E-state index in [4.69, 9.17) is 4.74 Å². The highest BCUT2D eigenvalue weighted by molar-refractivity contribution is 5.95. The predicted molar refractivity (Wildman–Crippen MR) is 95.7 cm³/mol. The molecule has 1 heterocycles. The molecule has 0 aromatic carbocycles. The molecule has 0 amide bonds. The Morgan fingerprint density at radius 1 is 1.04 bits per heavy atom. The average molecular weight is 345 g/mol. The topological polar surface area (TPSA) is 46.6 Å². The van der Waals surface area contributed by atoms with Crippen LogP contribution in [0.25, 0.3) is 0 Å². The molecule has 1 saturated heterocycles. The summed E-state index contributed by atoms with van der Waals surface area (Å²) in [5.41, 5.74) is -0.0332. The van der Waals surface area contributed by atoms with Gasteiger partial charge in [0, 0.05) is 24.7 Å². The zero-order valence-electron chi connectivity index (χ0n) is 15.4. The molecule has 0 aromatic heterocycles. The third-order valence-electron chi connectivity index (χ3n) is 7.15. The van der Waals surface area contributed by atoms with Crippen molar-refractivity contribution in [2.75, 3.05) is 19.7 Å². The summed E-state index contributed by atoms with van der Waals surface area (Å²) in [5, 5.41) is 0. The molecule has 25 heavy (non-hydrogen) atoms. The van der Waals surface area contributed by atoms with Gasteiger partial charge in [-0.25, -0.2) is 0 Å². The Balaban J connectivity index is 1.32. The highest BCUT2D eigenvalue weighted by atomic mass is 16.5. The van der Waals surface area contributed by atoms with Crippen LogP contribution >= 0.6 is 0 Å². The number of piperidine rings is 1. The van der Waals surface area contributed by atoms with Gasteiger partial charge in [0.15, 0.2) is 5.78 Å². The number of ether oxygens (including phenoxy) is 1. The van der Waals surface area contributed by atoms with E-state index in [-0.39, 0.29) is 17.3 Å². The number of carbonyl (C=O) groups excluding carboxylic acids is 2. The second kappa shape index (κ2) is 6.77. The van der Waals surface area contributed by atoms with Gasteiger partial charge >= 0.3 is 5.97 Å². The first-order valence-corrected chi connectivity index (χ1v) is 10.2. The molecular weight excluding hydrogens is 314 g/mol. The van der Waals surface area contributed by atoms with E-state index in [1.54, 1.807) is 0 Å². The van der Waals surface area contributed by atoms with Crippen LogP contribution in [0, 0.1) is 29.1 Å². The molecule has 1 aliphatic heterocycles. The number of likely N-dealkylation sites (tertiary alicyclic amines) is 1. The van der Waals surface area contributed by atoms with Crippen LogP contribution in [0.15, 0.2) is 12.3 Å². The molecule has 4 nitrogen and oxygen atoms in total. The molecular formula is C21H31NO3. The van der Waals surface area contributed by atoms with Crippen molar-refractivity contribution in [3.05, 3.63) is 12.3 Å². The Labute approximate surface area is 151 Å². The van der Waals surface area contributed by atoms with Crippen LogP contribution in [0.4, 0.5) is 0 Å². The van der Waals surface area contributed by atoms with Crippen LogP contribution in [0.3, 0.4) is 0 Å². The van der Waals surface area contributed by atoms with Crippen molar-refractivity contribution in [3.8, 4) is 0 Å². The molecule has 4 bridgehead atoms. The number of nitrogens with zero attached hydrogens (tertiary/aromatic N) is 1. The van der Waals surface area contributed by atoms with E-state index in [0.29, 0.717) is 12.4 Å². The summed E-state index contributed by atoms with van der Waals surface area (Å²) in [6.45, 7) is 3.99. The van der Waals surface area contributed by atoms with E-state index < -0.39 is 0 Å². The van der Waals surface area contributed by atoms with Crippen LogP contribution in [0.2, 0.25) is 0 Å². The molecule has 4 aliphatic carbocycles. The third kappa shape index (κ3) is 3.37. The molecule has 138 valence electrons. The zero-order chi connectivity index (χ0) is 17.4. The second-order valence-corrected chi connectivity index (χ2v) is 8.94. The van der Waals surface area contributed by atoms with E-state index in [9.17, 15) is 9.59 Å². The summed E-state index contributed by atoms with van der Waals surface area (Å²) in [4.78, 5) is 27.0. The smallest absolute Gasteiger partial charge is 0.309 e. The Kier molecular flexibility index (Phi) is 4.63. The van der Waals surface area contributed by atoms with Crippen LogP contribution in [-0.2, 0) is 14.3 Å². The average Bonchev–Trinajstić information content (AvgIpc) is 2.59. The number of esters is 1. The Bertz CT molecular complexity index is 524. The summed E-state index contributed by atoms with van der Waals surface area (Å²) < 4.78 is 5.12. The minimum absolute atomic E-state index is 0.0310. The van der Waals surface area contributed by atoms with Gasteiger partial charge in [-0.05, 0) is 82.1 Å². The maximum Gasteiger partial charge on any atom is 0.309 e. The first-order chi connectivity index (χ1) is 12.1. The van der Waals surface area contributed by atoms with Crippen molar-refractivity contribution in [1.82, 2.24) is 4.90 Å². The van der Waals surface area contributed by atoms with Crippen LogP contribution in [0.5, 0.6) is 0 Å². The number of hydrogen-bond acceptors (Lipinski definition) is 4. The lowest BCUT2D eigenvalue weighted by Gasteiger charge is -2.55. The SMILES string of the molecule is CCOC(=O)C1CCN(/C=C/C(=O)C23CC4CC(CC(C4)C2)C3)CC1. The summed E-state index contributed by atoms with van der Waals surface area (Å²) in [7, 11) is 0. The maximum absolute atomic E-state index is 13.0. The number of rotatable bonds is 5. The lowest BCUT2D eigenvalue weighted by Crippen LogP contribution is -2.49. The quantitative estimate of drug-likeness (QED) is 0.565. The summed E-state index contributed by atoms with van der Waals surface area (Å²) in [5.74, 6) is 2.77. The fourth-order valence-corrected chi connectivity index (χ4v) is 6.31. The van der Waals surface area contributed by atoms with Crippen molar-refractivity contribution in [1.29, 1.82) is 0 Å². The van der Waals surface area contributed by atoms with Crippen molar-refractivity contribution in [2.45, 2.75) is 58.3 Å². The Morgan fingerprint density at radius 3 is 2.12 bits per heavy atom.